The van der Waals surface area contributed by atoms with Gasteiger partial charge >= 0.3 is 5.97 Å². The van der Waals surface area contributed by atoms with Crippen LogP contribution in [0.25, 0.3) is 0 Å². The van der Waals surface area contributed by atoms with Gasteiger partial charge in [-0.3, -0.25) is 10.1 Å². The summed E-state index contributed by atoms with van der Waals surface area (Å²) in [5.74, 6) is -0.363. The van der Waals surface area contributed by atoms with E-state index in [4.69, 9.17) is 4.74 Å². The van der Waals surface area contributed by atoms with Crippen LogP contribution >= 0.6 is 0 Å². The van der Waals surface area contributed by atoms with E-state index < -0.39 is 4.92 Å². The number of hydrogen-bond acceptors (Lipinski definition) is 4. The molecule has 1 aromatic carbocycles. The molecule has 3 atom stereocenters. The fourth-order valence-electron chi connectivity index (χ4n) is 5.16. The van der Waals surface area contributed by atoms with Crippen molar-refractivity contribution in [2.24, 2.45) is 10.8 Å². The second-order valence-electron chi connectivity index (χ2n) is 7.43. The van der Waals surface area contributed by atoms with Crippen molar-refractivity contribution in [2.75, 3.05) is 0 Å². The van der Waals surface area contributed by atoms with Crippen LogP contribution in [0.1, 0.15) is 55.3 Å². The quantitative estimate of drug-likeness (QED) is 0.356. The second kappa shape index (κ2) is 5.43. The van der Waals surface area contributed by atoms with Gasteiger partial charge in [0.2, 0.25) is 0 Å². The van der Waals surface area contributed by atoms with Gasteiger partial charge in [0.15, 0.2) is 0 Å². The number of carbonyl (C=O) groups is 1. The summed E-state index contributed by atoms with van der Waals surface area (Å²) in [6.45, 7) is 0. The van der Waals surface area contributed by atoms with Crippen LogP contribution in [-0.2, 0) is 4.74 Å². The number of carbonyl (C=O) groups excluding carboxylic acids is 1. The van der Waals surface area contributed by atoms with E-state index in [1.165, 1.54) is 43.5 Å². The molecule has 24 heavy (non-hydrogen) atoms. The molecule has 0 bridgehead atoms. The zero-order valence-corrected chi connectivity index (χ0v) is 13.6. The number of non-ortho nitro benzene ring substituents is 1. The third-order valence-electron chi connectivity index (χ3n) is 6.50. The maximum Gasteiger partial charge on any atom is 0.338 e. The smallest absolute Gasteiger partial charge is 0.338 e. The first-order chi connectivity index (χ1) is 11.6. The Balaban J connectivity index is 1.50. The van der Waals surface area contributed by atoms with Gasteiger partial charge in [0.1, 0.15) is 6.10 Å². The topological polar surface area (TPSA) is 69.4 Å². The summed E-state index contributed by atoms with van der Waals surface area (Å²) in [4.78, 5) is 22.7. The molecule has 0 radical (unpaired) electrons. The number of ether oxygens (including phenoxy) is 1. The molecule has 0 unspecified atom stereocenters. The Labute approximate surface area is 140 Å². The number of nitrogens with zero attached hydrogens (tertiary/aromatic N) is 1. The number of rotatable bonds is 3. The Morgan fingerprint density at radius 1 is 1.12 bits per heavy atom. The molecule has 126 valence electrons. The fourth-order valence-corrected chi connectivity index (χ4v) is 5.16. The van der Waals surface area contributed by atoms with Gasteiger partial charge in [-0.15, -0.1) is 0 Å². The molecular formula is C19H21NO4. The Morgan fingerprint density at radius 2 is 1.83 bits per heavy atom. The molecule has 0 N–H and O–H groups in total. The van der Waals surface area contributed by atoms with Crippen molar-refractivity contribution in [3.63, 3.8) is 0 Å². The predicted octanol–water partition coefficient (Wildman–Crippen LogP) is 4.42. The van der Waals surface area contributed by atoms with E-state index in [0.717, 1.165) is 25.7 Å². The van der Waals surface area contributed by atoms with Crippen LogP contribution < -0.4 is 0 Å². The van der Waals surface area contributed by atoms with Gasteiger partial charge < -0.3 is 4.74 Å². The lowest BCUT2D eigenvalue weighted by molar-refractivity contribution is -0.384. The van der Waals surface area contributed by atoms with Gasteiger partial charge in [0.05, 0.1) is 10.5 Å². The van der Waals surface area contributed by atoms with E-state index in [-0.39, 0.29) is 23.2 Å². The molecule has 4 rings (SSSR count). The zero-order valence-electron chi connectivity index (χ0n) is 13.6. The summed E-state index contributed by atoms with van der Waals surface area (Å²) >= 11 is 0. The van der Waals surface area contributed by atoms with Crippen molar-refractivity contribution < 1.29 is 14.5 Å². The molecular weight excluding hydrogens is 306 g/mol. The van der Waals surface area contributed by atoms with Crippen LogP contribution in [0.2, 0.25) is 0 Å². The lowest BCUT2D eigenvalue weighted by Gasteiger charge is -2.67. The van der Waals surface area contributed by atoms with Gasteiger partial charge in [-0.25, -0.2) is 4.79 Å². The minimum atomic E-state index is -0.468. The van der Waals surface area contributed by atoms with E-state index in [9.17, 15) is 14.9 Å². The Kier molecular flexibility index (Phi) is 3.48. The minimum absolute atomic E-state index is 0.0162. The van der Waals surface area contributed by atoms with Crippen molar-refractivity contribution in [1.82, 2.24) is 0 Å². The summed E-state index contributed by atoms with van der Waals surface area (Å²) in [7, 11) is 0. The molecule has 5 nitrogen and oxygen atoms in total. The fraction of sp³-hybridized carbons (Fsp3) is 0.526. The average molecular weight is 327 g/mol. The third kappa shape index (κ3) is 2.10. The van der Waals surface area contributed by atoms with Crippen LogP contribution in [0.15, 0.2) is 36.4 Å². The van der Waals surface area contributed by atoms with Crippen LogP contribution in [0.3, 0.4) is 0 Å². The number of hydrogen-bond donors (Lipinski definition) is 0. The first kappa shape index (κ1) is 15.4. The van der Waals surface area contributed by atoms with Gasteiger partial charge in [-0.05, 0) is 49.7 Å². The zero-order chi connectivity index (χ0) is 16.8. The minimum Gasteiger partial charge on any atom is -0.458 e. The highest BCUT2D eigenvalue weighted by Gasteiger charge is 2.66. The molecule has 0 amide bonds. The predicted molar refractivity (Wildman–Crippen MR) is 88.6 cm³/mol. The third-order valence-corrected chi connectivity index (χ3v) is 6.50. The molecule has 3 aliphatic carbocycles. The first-order valence-corrected chi connectivity index (χ1v) is 8.67. The maximum absolute atomic E-state index is 12.5. The highest BCUT2D eigenvalue weighted by molar-refractivity contribution is 5.89. The van der Waals surface area contributed by atoms with Gasteiger partial charge in [0, 0.05) is 17.5 Å². The van der Waals surface area contributed by atoms with Crippen molar-refractivity contribution in [2.45, 2.75) is 51.0 Å². The van der Waals surface area contributed by atoms with Crippen molar-refractivity contribution >= 4 is 11.7 Å². The molecule has 1 aromatic rings. The standard InChI is InChI=1S/C19H21NO4/c21-17(14-5-7-15(8-6-14)20(22)23)24-16-13-18-9-1-3-11-19(16,18)12-4-2-10-18/h1,3,5-8,16H,2,4,9-13H2/t16-,18-,19-/m1/s1. The molecule has 0 heterocycles. The Morgan fingerprint density at radius 3 is 2.58 bits per heavy atom. The second-order valence-corrected chi connectivity index (χ2v) is 7.43. The van der Waals surface area contributed by atoms with E-state index in [1.54, 1.807) is 0 Å². The molecule has 3 aliphatic rings. The molecule has 0 saturated heterocycles. The molecule has 0 aromatic heterocycles. The molecule has 0 aliphatic heterocycles. The summed E-state index contributed by atoms with van der Waals surface area (Å²) in [6, 6.07) is 5.66. The summed E-state index contributed by atoms with van der Waals surface area (Å²) in [5.41, 5.74) is 0.825. The number of nitro benzene ring substituents is 1. The van der Waals surface area contributed by atoms with Gasteiger partial charge in [0.25, 0.3) is 5.69 Å². The van der Waals surface area contributed by atoms with Gasteiger partial charge in [-0.1, -0.05) is 25.0 Å². The number of allylic oxidation sites excluding steroid dienone is 2. The molecule has 5 heteroatoms. The first-order valence-electron chi connectivity index (χ1n) is 8.67. The highest BCUT2D eigenvalue weighted by atomic mass is 16.6. The van der Waals surface area contributed by atoms with Crippen LogP contribution in [0, 0.1) is 20.9 Å². The average Bonchev–Trinajstić information content (AvgIpc) is 2.59. The van der Waals surface area contributed by atoms with E-state index in [1.807, 2.05) is 0 Å². The summed E-state index contributed by atoms with van der Waals surface area (Å²) < 4.78 is 5.85. The normalized spacial score (nSPS) is 33.8. The van der Waals surface area contributed by atoms with Gasteiger partial charge in [-0.2, -0.15) is 0 Å². The van der Waals surface area contributed by atoms with Crippen molar-refractivity contribution in [1.29, 1.82) is 0 Å². The van der Waals surface area contributed by atoms with Crippen molar-refractivity contribution in [3.05, 3.63) is 52.1 Å². The number of nitro groups is 1. The molecule has 0 spiro atoms. The van der Waals surface area contributed by atoms with E-state index in [0.29, 0.717) is 11.0 Å². The van der Waals surface area contributed by atoms with Crippen LogP contribution in [0.5, 0.6) is 0 Å². The van der Waals surface area contributed by atoms with E-state index in [2.05, 4.69) is 12.2 Å². The highest BCUT2D eigenvalue weighted by Crippen LogP contribution is 2.70. The monoisotopic (exact) mass is 327 g/mol. The molecule has 2 saturated carbocycles. The summed E-state index contributed by atoms with van der Waals surface area (Å²) in [5, 5.41) is 10.7. The van der Waals surface area contributed by atoms with Crippen molar-refractivity contribution in [3.8, 4) is 0 Å². The SMILES string of the molecule is O=C(O[C@@H]1C[C@]23CC=CC[C@@]12CCCC3)c1ccc([N+](=O)[O-])cc1. The maximum atomic E-state index is 12.5. The lowest BCUT2D eigenvalue weighted by atomic mass is 9.39. The lowest BCUT2D eigenvalue weighted by Crippen LogP contribution is -2.64. The van der Waals surface area contributed by atoms with Crippen LogP contribution in [0.4, 0.5) is 5.69 Å². The number of benzene rings is 1. The number of esters is 1. The summed E-state index contributed by atoms with van der Waals surface area (Å²) in [6.07, 6.45) is 12.4. The Bertz CT molecular complexity index is 711. The largest absolute Gasteiger partial charge is 0.458 e. The molecule has 2 fully saturated rings. The Hall–Kier alpha value is -2.17. The van der Waals surface area contributed by atoms with Crippen LogP contribution in [-0.4, -0.2) is 17.0 Å². The van der Waals surface area contributed by atoms with E-state index >= 15 is 0 Å².